The van der Waals surface area contributed by atoms with Gasteiger partial charge in [-0.3, -0.25) is 4.79 Å². The maximum Gasteiger partial charge on any atom is 0.227 e. The van der Waals surface area contributed by atoms with E-state index in [9.17, 15) is 4.79 Å². The van der Waals surface area contributed by atoms with Crippen molar-refractivity contribution in [2.24, 2.45) is 5.92 Å². The Kier molecular flexibility index (Phi) is 7.08. The molecular formula is C29H34N6O2. The number of piperazine rings is 1. The summed E-state index contributed by atoms with van der Waals surface area (Å²) in [6.45, 7) is 9.14. The van der Waals surface area contributed by atoms with E-state index in [2.05, 4.69) is 18.7 Å². The summed E-state index contributed by atoms with van der Waals surface area (Å²) in [5.74, 6) is 3.12. The smallest absolute Gasteiger partial charge is 0.227 e. The standard InChI is InChI=1S/C29H34N6O2/c1-20(2)18-25-30-28(27-21(3)32-35(29(27)31-25)23-8-6-5-7-9-23)34-16-14-33(15-17-34)26(36)19-22-10-12-24(37-4)13-11-22/h5-13,20H,14-19H2,1-4H3. The van der Waals surface area contributed by atoms with Gasteiger partial charge in [-0.1, -0.05) is 44.2 Å². The fraction of sp³-hybridized carbons (Fsp3) is 0.379. The van der Waals surface area contributed by atoms with Crippen molar-refractivity contribution in [3.8, 4) is 11.4 Å². The third-order valence-corrected chi connectivity index (χ3v) is 6.77. The van der Waals surface area contributed by atoms with Crippen molar-refractivity contribution in [3.05, 3.63) is 71.7 Å². The molecular weight excluding hydrogens is 464 g/mol. The second-order valence-corrected chi connectivity index (χ2v) is 9.99. The lowest BCUT2D eigenvalue weighted by Gasteiger charge is -2.36. The fourth-order valence-corrected chi connectivity index (χ4v) is 4.84. The summed E-state index contributed by atoms with van der Waals surface area (Å²) in [4.78, 5) is 27.2. The Labute approximate surface area is 217 Å². The van der Waals surface area contributed by atoms with Crippen molar-refractivity contribution in [2.45, 2.75) is 33.6 Å². The number of amides is 1. The number of methoxy groups -OCH3 is 1. The summed E-state index contributed by atoms with van der Waals surface area (Å²) in [5, 5.41) is 5.83. The van der Waals surface area contributed by atoms with E-state index >= 15 is 0 Å². The molecule has 8 nitrogen and oxygen atoms in total. The SMILES string of the molecule is COc1ccc(CC(=O)N2CCN(c3nc(CC(C)C)nc4c3c(C)nn4-c3ccccc3)CC2)cc1. The molecule has 0 radical (unpaired) electrons. The van der Waals surface area contributed by atoms with Crippen molar-refractivity contribution in [2.75, 3.05) is 38.2 Å². The molecule has 1 saturated heterocycles. The van der Waals surface area contributed by atoms with Gasteiger partial charge in [-0.05, 0) is 42.7 Å². The van der Waals surface area contributed by atoms with E-state index in [1.807, 2.05) is 71.1 Å². The molecule has 1 amide bonds. The van der Waals surface area contributed by atoms with Gasteiger partial charge in [0.1, 0.15) is 17.4 Å². The molecule has 2 aromatic heterocycles. The number of anilines is 1. The summed E-state index contributed by atoms with van der Waals surface area (Å²) < 4.78 is 7.15. The number of ether oxygens (including phenoxy) is 1. The van der Waals surface area contributed by atoms with Crippen molar-refractivity contribution < 1.29 is 9.53 Å². The second-order valence-electron chi connectivity index (χ2n) is 9.99. The summed E-state index contributed by atoms with van der Waals surface area (Å²) in [5.41, 5.74) is 3.72. The minimum atomic E-state index is 0.145. The van der Waals surface area contributed by atoms with Crippen molar-refractivity contribution in [1.29, 1.82) is 0 Å². The highest BCUT2D eigenvalue weighted by Gasteiger charge is 2.26. The molecule has 2 aromatic carbocycles. The van der Waals surface area contributed by atoms with Crippen LogP contribution in [0.3, 0.4) is 0 Å². The highest BCUT2D eigenvalue weighted by molar-refractivity contribution is 5.91. The van der Waals surface area contributed by atoms with E-state index in [0.29, 0.717) is 25.4 Å². The van der Waals surface area contributed by atoms with Crippen LogP contribution in [0.15, 0.2) is 54.6 Å². The van der Waals surface area contributed by atoms with Crippen LogP contribution in [-0.4, -0.2) is 63.8 Å². The van der Waals surface area contributed by atoms with Crippen molar-refractivity contribution in [3.63, 3.8) is 0 Å². The van der Waals surface area contributed by atoms with Gasteiger partial charge in [0.15, 0.2) is 5.65 Å². The van der Waals surface area contributed by atoms with E-state index in [-0.39, 0.29) is 5.91 Å². The number of para-hydroxylation sites is 1. The monoisotopic (exact) mass is 498 g/mol. The van der Waals surface area contributed by atoms with E-state index < -0.39 is 0 Å². The largest absolute Gasteiger partial charge is 0.497 e. The maximum absolute atomic E-state index is 13.0. The molecule has 1 aliphatic rings. The van der Waals surface area contributed by atoms with Crippen molar-refractivity contribution >= 4 is 22.8 Å². The number of aryl methyl sites for hydroxylation is 1. The number of nitrogens with zero attached hydrogens (tertiary/aromatic N) is 6. The van der Waals surface area contributed by atoms with Crippen LogP contribution in [-0.2, 0) is 17.6 Å². The Balaban J connectivity index is 1.39. The predicted molar refractivity (Wildman–Crippen MR) is 145 cm³/mol. The first-order chi connectivity index (χ1) is 17.9. The number of hydrogen-bond donors (Lipinski definition) is 0. The number of benzene rings is 2. The molecule has 5 rings (SSSR count). The first kappa shape index (κ1) is 24.7. The lowest BCUT2D eigenvalue weighted by molar-refractivity contribution is -0.130. The van der Waals surface area contributed by atoms with Gasteiger partial charge in [-0.25, -0.2) is 14.6 Å². The zero-order valence-electron chi connectivity index (χ0n) is 22.0. The molecule has 192 valence electrons. The average molecular weight is 499 g/mol. The van der Waals surface area contributed by atoms with Gasteiger partial charge in [-0.2, -0.15) is 5.10 Å². The Morgan fingerprint density at radius 2 is 1.68 bits per heavy atom. The van der Waals surface area contributed by atoms with Crippen LogP contribution in [0.4, 0.5) is 5.82 Å². The van der Waals surface area contributed by atoms with Crippen LogP contribution in [0.25, 0.3) is 16.7 Å². The van der Waals surface area contributed by atoms with Gasteiger partial charge >= 0.3 is 0 Å². The second kappa shape index (κ2) is 10.6. The first-order valence-electron chi connectivity index (χ1n) is 12.9. The average Bonchev–Trinajstić information content (AvgIpc) is 3.25. The quantitative estimate of drug-likeness (QED) is 0.380. The normalized spacial score (nSPS) is 14.0. The van der Waals surface area contributed by atoms with Crippen LogP contribution in [0.2, 0.25) is 0 Å². The summed E-state index contributed by atoms with van der Waals surface area (Å²) >= 11 is 0. The van der Waals surface area contributed by atoms with Crippen molar-refractivity contribution in [1.82, 2.24) is 24.6 Å². The molecule has 1 aliphatic heterocycles. The van der Waals surface area contributed by atoms with Gasteiger partial charge in [-0.15, -0.1) is 0 Å². The fourth-order valence-electron chi connectivity index (χ4n) is 4.84. The van der Waals surface area contributed by atoms with E-state index in [4.69, 9.17) is 19.8 Å². The molecule has 1 fully saturated rings. The summed E-state index contributed by atoms with van der Waals surface area (Å²) in [7, 11) is 1.64. The topological polar surface area (TPSA) is 76.4 Å². The highest BCUT2D eigenvalue weighted by atomic mass is 16.5. The summed E-state index contributed by atoms with van der Waals surface area (Å²) in [6, 6.07) is 17.8. The molecule has 0 aliphatic carbocycles. The van der Waals surface area contributed by atoms with Crippen LogP contribution >= 0.6 is 0 Å². The minimum absolute atomic E-state index is 0.145. The van der Waals surface area contributed by atoms with Gasteiger partial charge in [0.05, 0.1) is 30.3 Å². The molecule has 0 unspecified atom stereocenters. The lowest BCUT2D eigenvalue weighted by Crippen LogP contribution is -2.49. The summed E-state index contributed by atoms with van der Waals surface area (Å²) in [6.07, 6.45) is 1.19. The van der Waals surface area contributed by atoms with Crippen LogP contribution in [0.5, 0.6) is 5.75 Å². The molecule has 3 heterocycles. The number of rotatable bonds is 7. The molecule has 4 aromatic rings. The van der Waals surface area contributed by atoms with Gasteiger partial charge in [0.25, 0.3) is 0 Å². The number of carbonyl (C=O) groups excluding carboxylic acids is 1. The van der Waals surface area contributed by atoms with Gasteiger partial charge in [0, 0.05) is 32.6 Å². The van der Waals surface area contributed by atoms with Crippen LogP contribution < -0.4 is 9.64 Å². The van der Waals surface area contributed by atoms with E-state index in [0.717, 1.165) is 64.9 Å². The molecule has 0 atom stereocenters. The Hall–Kier alpha value is -3.94. The van der Waals surface area contributed by atoms with Crippen LogP contribution in [0, 0.1) is 12.8 Å². The number of fused-ring (bicyclic) bond motifs is 1. The van der Waals surface area contributed by atoms with Gasteiger partial charge < -0.3 is 14.5 Å². The number of aromatic nitrogens is 4. The molecule has 37 heavy (non-hydrogen) atoms. The minimum Gasteiger partial charge on any atom is -0.497 e. The lowest BCUT2D eigenvalue weighted by atomic mass is 10.1. The molecule has 8 heteroatoms. The Morgan fingerprint density at radius 3 is 2.32 bits per heavy atom. The van der Waals surface area contributed by atoms with E-state index in [1.165, 1.54) is 0 Å². The Bertz CT molecular complexity index is 1370. The molecule has 0 saturated carbocycles. The molecule has 0 bridgehead atoms. The first-order valence-corrected chi connectivity index (χ1v) is 12.9. The molecule has 0 N–H and O–H groups in total. The number of carbonyl (C=O) groups is 1. The predicted octanol–water partition coefficient (Wildman–Crippen LogP) is 4.22. The van der Waals surface area contributed by atoms with E-state index in [1.54, 1.807) is 7.11 Å². The Morgan fingerprint density at radius 1 is 0.973 bits per heavy atom. The molecule has 0 spiro atoms. The zero-order valence-corrected chi connectivity index (χ0v) is 22.0. The maximum atomic E-state index is 13.0. The zero-order chi connectivity index (χ0) is 25.9. The third-order valence-electron chi connectivity index (χ3n) is 6.77. The van der Waals surface area contributed by atoms with Crippen LogP contribution in [0.1, 0.15) is 30.9 Å². The third kappa shape index (κ3) is 5.28. The number of hydrogen-bond acceptors (Lipinski definition) is 6. The van der Waals surface area contributed by atoms with Gasteiger partial charge in [0.2, 0.25) is 5.91 Å². The highest BCUT2D eigenvalue weighted by Crippen LogP contribution is 2.30.